The molecule has 5 aromatic rings. The number of carbonyl (C=O) groups is 1. The van der Waals surface area contributed by atoms with Gasteiger partial charge in [-0.3, -0.25) is 4.79 Å². The van der Waals surface area contributed by atoms with Crippen LogP contribution in [0.5, 0.6) is 0 Å². The monoisotopic (exact) mass is 425 g/mol. The Morgan fingerprint density at radius 2 is 1.91 bits per heavy atom. The minimum absolute atomic E-state index is 0.00318. The zero-order valence-corrected chi connectivity index (χ0v) is 17.8. The third-order valence-corrected chi connectivity index (χ3v) is 5.62. The Bertz CT molecular complexity index is 1490. The van der Waals surface area contributed by atoms with Crippen molar-refractivity contribution >= 4 is 51.0 Å². The Kier molecular flexibility index (Phi) is 4.82. The summed E-state index contributed by atoms with van der Waals surface area (Å²) in [6, 6.07) is 15.5. The van der Waals surface area contributed by atoms with Crippen LogP contribution in [0.1, 0.15) is 36.2 Å². The van der Waals surface area contributed by atoms with E-state index in [0.29, 0.717) is 22.2 Å². The molecule has 1 atom stereocenters. The van der Waals surface area contributed by atoms with E-state index in [2.05, 4.69) is 15.4 Å². The van der Waals surface area contributed by atoms with Crippen molar-refractivity contribution in [1.29, 1.82) is 0 Å². The topological polar surface area (TPSA) is 114 Å². The maximum Gasteiger partial charge on any atom is 0.257 e. The molecule has 0 fully saturated rings. The Morgan fingerprint density at radius 1 is 1.19 bits per heavy atom. The molecular formula is C24H23N7O. The molecule has 0 spiro atoms. The van der Waals surface area contributed by atoms with Crippen molar-refractivity contribution in [1.82, 2.24) is 24.9 Å². The number of nitrogens with one attached hydrogen (secondary N) is 2. The number of carbonyl (C=O) groups excluding carboxylic acids is 1. The molecule has 0 bridgehead atoms. The lowest BCUT2D eigenvalue weighted by molar-refractivity contribution is 0.0941. The largest absolute Gasteiger partial charge is 0.383 e. The summed E-state index contributed by atoms with van der Waals surface area (Å²) in [7, 11) is 0. The lowest BCUT2D eigenvalue weighted by Gasteiger charge is -2.11. The summed E-state index contributed by atoms with van der Waals surface area (Å²) in [6.45, 7) is 3.96. The minimum Gasteiger partial charge on any atom is -0.383 e. The molecule has 0 saturated heterocycles. The SMILES string of the molecule is CC[C@@H](C)NC(=O)c1c(N)n(/N=C/c2c[nH]c3ccccc23)c2nc3ccccc3nc12. The van der Waals surface area contributed by atoms with Gasteiger partial charge >= 0.3 is 0 Å². The molecule has 0 aliphatic carbocycles. The number of nitrogen functional groups attached to an aromatic ring is 1. The average molecular weight is 425 g/mol. The van der Waals surface area contributed by atoms with Crippen LogP contribution in [0.15, 0.2) is 59.8 Å². The normalized spacial score (nSPS) is 12.8. The standard InChI is InChI=1S/C24H23N7O/c1-3-14(2)28-24(32)20-21-23(30-19-11-7-6-10-18(19)29-21)31(22(20)25)27-13-15-12-26-17-9-5-4-8-16(15)17/h4-14,26H,3,25H2,1-2H3,(H,28,32)/b27-13+/t14-/m1/s1. The predicted molar refractivity (Wildman–Crippen MR) is 128 cm³/mol. The number of nitrogens with zero attached hydrogens (tertiary/aromatic N) is 4. The molecule has 0 unspecified atom stereocenters. The number of hydrogen-bond acceptors (Lipinski definition) is 5. The number of fused-ring (bicyclic) bond motifs is 3. The van der Waals surface area contributed by atoms with Crippen molar-refractivity contribution in [2.45, 2.75) is 26.3 Å². The number of aromatic nitrogens is 4. The quantitative estimate of drug-likeness (QED) is 0.368. The first-order chi connectivity index (χ1) is 15.6. The second kappa shape index (κ2) is 7.81. The molecule has 8 heteroatoms. The number of aromatic amines is 1. The van der Waals surface area contributed by atoms with Crippen molar-refractivity contribution in [3.63, 3.8) is 0 Å². The molecule has 5 rings (SSSR count). The van der Waals surface area contributed by atoms with Gasteiger partial charge in [0.15, 0.2) is 5.65 Å². The van der Waals surface area contributed by atoms with Gasteiger partial charge in [0, 0.05) is 28.7 Å². The number of nitrogens with two attached hydrogens (primary N) is 1. The summed E-state index contributed by atoms with van der Waals surface area (Å²) in [4.78, 5) is 25.7. The van der Waals surface area contributed by atoms with Gasteiger partial charge in [0.25, 0.3) is 5.91 Å². The maximum atomic E-state index is 13.1. The van der Waals surface area contributed by atoms with Crippen LogP contribution in [0.2, 0.25) is 0 Å². The molecule has 3 aromatic heterocycles. The van der Waals surface area contributed by atoms with Crippen molar-refractivity contribution in [2.75, 3.05) is 5.73 Å². The zero-order valence-electron chi connectivity index (χ0n) is 17.8. The number of para-hydroxylation sites is 3. The molecule has 0 aliphatic rings. The summed E-state index contributed by atoms with van der Waals surface area (Å²) < 4.78 is 1.49. The first kappa shape index (κ1) is 19.7. The van der Waals surface area contributed by atoms with Crippen LogP contribution in [0.4, 0.5) is 5.82 Å². The molecule has 8 nitrogen and oxygen atoms in total. The van der Waals surface area contributed by atoms with Gasteiger partial charge in [0.05, 0.1) is 17.2 Å². The average Bonchev–Trinajstić information content (AvgIpc) is 3.33. The van der Waals surface area contributed by atoms with Crippen LogP contribution in [-0.4, -0.2) is 37.8 Å². The lowest BCUT2D eigenvalue weighted by Crippen LogP contribution is -2.32. The minimum atomic E-state index is -0.285. The zero-order chi connectivity index (χ0) is 22.2. The third kappa shape index (κ3) is 3.26. The highest BCUT2D eigenvalue weighted by atomic mass is 16.1. The molecular weight excluding hydrogens is 402 g/mol. The molecule has 1 amide bonds. The van der Waals surface area contributed by atoms with E-state index in [0.717, 1.165) is 22.9 Å². The van der Waals surface area contributed by atoms with Gasteiger partial charge in [0.2, 0.25) is 0 Å². The fourth-order valence-corrected chi connectivity index (χ4v) is 3.71. The van der Waals surface area contributed by atoms with Crippen LogP contribution in [0.3, 0.4) is 0 Å². The van der Waals surface area contributed by atoms with Crippen molar-refractivity contribution in [3.05, 3.63) is 65.9 Å². The number of rotatable bonds is 5. The van der Waals surface area contributed by atoms with Gasteiger partial charge in [0.1, 0.15) is 16.9 Å². The van der Waals surface area contributed by atoms with E-state index < -0.39 is 0 Å². The highest BCUT2D eigenvalue weighted by Crippen LogP contribution is 2.28. The smallest absolute Gasteiger partial charge is 0.257 e. The Balaban J connectivity index is 1.69. The highest BCUT2D eigenvalue weighted by molar-refractivity contribution is 6.11. The second-order valence-corrected chi connectivity index (χ2v) is 7.77. The van der Waals surface area contributed by atoms with Crippen molar-refractivity contribution in [2.24, 2.45) is 5.10 Å². The summed E-state index contributed by atoms with van der Waals surface area (Å²) in [6.07, 6.45) is 4.40. The van der Waals surface area contributed by atoms with E-state index in [1.807, 2.05) is 68.6 Å². The molecule has 0 radical (unpaired) electrons. The molecule has 0 aliphatic heterocycles. The number of amides is 1. The molecule has 160 valence electrons. The second-order valence-electron chi connectivity index (χ2n) is 7.77. The molecule has 0 saturated carbocycles. The predicted octanol–water partition coefficient (Wildman–Crippen LogP) is 4.06. The van der Waals surface area contributed by atoms with Crippen LogP contribution >= 0.6 is 0 Å². The van der Waals surface area contributed by atoms with Crippen LogP contribution in [0.25, 0.3) is 33.1 Å². The van der Waals surface area contributed by atoms with Gasteiger partial charge in [-0.15, -0.1) is 0 Å². The Labute approximate surface area is 184 Å². The van der Waals surface area contributed by atoms with Gasteiger partial charge in [-0.25, -0.2) is 9.97 Å². The number of H-pyrrole nitrogens is 1. The highest BCUT2D eigenvalue weighted by Gasteiger charge is 2.24. The maximum absolute atomic E-state index is 13.1. The summed E-state index contributed by atoms with van der Waals surface area (Å²) in [5.74, 6) is -0.0836. The molecule has 2 aromatic carbocycles. The Hall–Kier alpha value is -4.20. The van der Waals surface area contributed by atoms with Gasteiger partial charge in [-0.1, -0.05) is 37.3 Å². The summed E-state index contributed by atoms with van der Waals surface area (Å²) in [5.41, 5.74) is 10.9. The number of benzene rings is 2. The number of anilines is 1. The van der Waals surface area contributed by atoms with E-state index >= 15 is 0 Å². The summed E-state index contributed by atoms with van der Waals surface area (Å²) in [5, 5.41) is 8.62. The van der Waals surface area contributed by atoms with Crippen LogP contribution < -0.4 is 11.1 Å². The first-order valence-corrected chi connectivity index (χ1v) is 10.5. The molecule has 4 N–H and O–H groups in total. The van der Waals surface area contributed by atoms with Gasteiger partial charge < -0.3 is 16.0 Å². The Morgan fingerprint density at radius 3 is 2.69 bits per heavy atom. The van der Waals surface area contributed by atoms with E-state index in [-0.39, 0.29) is 23.3 Å². The van der Waals surface area contributed by atoms with E-state index in [1.165, 1.54) is 4.68 Å². The van der Waals surface area contributed by atoms with E-state index in [4.69, 9.17) is 15.7 Å². The van der Waals surface area contributed by atoms with Crippen LogP contribution in [0, 0.1) is 0 Å². The van der Waals surface area contributed by atoms with Gasteiger partial charge in [-0.05, 0) is 31.5 Å². The van der Waals surface area contributed by atoms with E-state index in [9.17, 15) is 4.79 Å². The fraction of sp³-hybridized carbons (Fsp3) is 0.167. The number of hydrogen-bond donors (Lipinski definition) is 3. The molecule has 3 heterocycles. The van der Waals surface area contributed by atoms with Crippen LogP contribution in [-0.2, 0) is 0 Å². The lowest BCUT2D eigenvalue weighted by atomic mass is 10.2. The van der Waals surface area contributed by atoms with Crippen molar-refractivity contribution < 1.29 is 4.79 Å². The third-order valence-electron chi connectivity index (χ3n) is 5.62. The van der Waals surface area contributed by atoms with E-state index in [1.54, 1.807) is 6.21 Å². The fourth-order valence-electron chi connectivity index (χ4n) is 3.71. The first-order valence-electron chi connectivity index (χ1n) is 10.5. The summed E-state index contributed by atoms with van der Waals surface area (Å²) >= 11 is 0. The van der Waals surface area contributed by atoms with Gasteiger partial charge in [-0.2, -0.15) is 9.78 Å². The molecule has 32 heavy (non-hydrogen) atoms. The van der Waals surface area contributed by atoms with Crippen molar-refractivity contribution in [3.8, 4) is 0 Å².